The first-order chi connectivity index (χ1) is 22.3. The number of urea groups is 1. The Morgan fingerprint density at radius 2 is 1.57 bits per heavy atom. The molecule has 3 aromatic rings. The first-order valence-corrected chi connectivity index (χ1v) is 15.2. The molecule has 0 bridgehead atoms. The van der Waals surface area contributed by atoms with Crippen molar-refractivity contribution >= 4 is 40.8 Å². The van der Waals surface area contributed by atoms with Crippen LogP contribution in [0.3, 0.4) is 0 Å². The van der Waals surface area contributed by atoms with Crippen molar-refractivity contribution in [2.45, 2.75) is 32.9 Å². The number of carbonyl (C=O) groups is 3. The van der Waals surface area contributed by atoms with E-state index in [1.165, 1.54) is 6.07 Å². The van der Waals surface area contributed by atoms with E-state index in [0.717, 1.165) is 43.9 Å². The predicted octanol–water partition coefficient (Wildman–Crippen LogP) is 5.61. The number of nitrogens with one attached hydrogen (secondary N) is 3. The smallest absolute Gasteiger partial charge is 0.412 e. The van der Waals surface area contributed by atoms with Crippen molar-refractivity contribution in [1.82, 2.24) is 14.7 Å². The van der Waals surface area contributed by atoms with Gasteiger partial charge in [0.1, 0.15) is 5.60 Å². The van der Waals surface area contributed by atoms with Crippen LogP contribution in [-0.4, -0.2) is 89.6 Å². The number of nitro groups is 1. The second-order valence-corrected chi connectivity index (χ2v) is 12.2. The molecule has 0 spiro atoms. The molecule has 13 nitrogen and oxygen atoms in total. The fourth-order valence-corrected chi connectivity index (χ4v) is 4.81. The van der Waals surface area contributed by atoms with Crippen LogP contribution in [0.25, 0.3) is 0 Å². The van der Waals surface area contributed by atoms with Crippen LogP contribution >= 0.6 is 0 Å². The normalized spacial score (nSPS) is 13.8. The van der Waals surface area contributed by atoms with Gasteiger partial charge >= 0.3 is 17.8 Å². The summed E-state index contributed by atoms with van der Waals surface area (Å²) < 4.78 is 19.2. The van der Waals surface area contributed by atoms with Crippen LogP contribution in [0.4, 0.5) is 36.7 Å². The fourth-order valence-electron chi connectivity index (χ4n) is 4.81. The molecule has 3 aromatic carbocycles. The zero-order valence-corrected chi connectivity index (χ0v) is 26.9. The fraction of sp³-hybridized carbons (Fsp3) is 0.364. The van der Waals surface area contributed by atoms with E-state index in [-0.39, 0.29) is 12.2 Å². The van der Waals surface area contributed by atoms with Crippen molar-refractivity contribution in [3.63, 3.8) is 0 Å². The third-order valence-corrected chi connectivity index (χ3v) is 7.36. The molecule has 14 heteroatoms. The maximum atomic E-state index is 13.9. The van der Waals surface area contributed by atoms with Crippen LogP contribution in [0.2, 0.25) is 0 Å². The molecule has 47 heavy (non-hydrogen) atoms. The lowest BCUT2D eigenvalue weighted by atomic mass is 10.1. The van der Waals surface area contributed by atoms with Gasteiger partial charge in [-0.3, -0.25) is 25.1 Å². The van der Waals surface area contributed by atoms with Crippen LogP contribution < -0.4 is 16.0 Å². The van der Waals surface area contributed by atoms with E-state index in [2.05, 4.69) is 32.8 Å². The number of carbonyl (C=O) groups excluding carboxylic acids is 3. The number of likely N-dealkylation sites (N-methyl/N-ethyl adjacent to an activating group) is 1. The standard InChI is InChI=1S/C33H40FN7O6/c1-33(2,3)47-32(44)37-28-8-6-5-7-27(28)36-30(42)24-11-9-23(10-12-24)22-40(20-19-39-17-15-38(4)16-18-39)31(43)35-25-13-14-26(34)29(21-25)41(45)46/h5-14,21H,15-20,22H2,1-4H3,(H,35,43)(H,36,42)(H,37,44). The van der Waals surface area contributed by atoms with Crippen molar-refractivity contribution in [1.29, 1.82) is 0 Å². The van der Waals surface area contributed by atoms with E-state index in [1.54, 1.807) is 74.2 Å². The molecule has 0 unspecified atom stereocenters. The number of hydrogen-bond donors (Lipinski definition) is 3. The predicted molar refractivity (Wildman–Crippen MR) is 177 cm³/mol. The van der Waals surface area contributed by atoms with Crippen LogP contribution in [0, 0.1) is 15.9 Å². The molecule has 4 amide bonds. The largest absolute Gasteiger partial charge is 0.444 e. The Kier molecular flexibility index (Phi) is 11.5. The molecule has 0 radical (unpaired) electrons. The summed E-state index contributed by atoms with van der Waals surface area (Å²) in [5.41, 5.74) is 0.539. The highest BCUT2D eigenvalue weighted by molar-refractivity contribution is 6.06. The van der Waals surface area contributed by atoms with Crippen LogP contribution in [0.5, 0.6) is 0 Å². The average Bonchev–Trinajstić information content (AvgIpc) is 3.01. The molecule has 1 heterocycles. The molecule has 1 saturated heterocycles. The number of nitro benzene ring substituents is 1. The van der Waals surface area contributed by atoms with E-state index in [4.69, 9.17) is 4.74 Å². The lowest BCUT2D eigenvalue weighted by Crippen LogP contribution is -2.48. The number of anilines is 3. The summed E-state index contributed by atoms with van der Waals surface area (Å²) in [5, 5.41) is 19.3. The number of nitrogens with zero attached hydrogens (tertiary/aromatic N) is 4. The zero-order valence-electron chi connectivity index (χ0n) is 26.9. The summed E-state index contributed by atoms with van der Waals surface area (Å²) >= 11 is 0. The van der Waals surface area contributed by atoms with Crippen LogP contribution in [-0.2, 0) is 11.3 Å². The zero-order chi connectivity index (χ0) is 34.1. The number of ether oxygens (including phenoxy) is 1. The summed E-state index contributed by atoms with van der Waals surface area (Å²) in [6.45, 7) is 9.96. The van der Waals surface area contributed by atoms with Crippen molar-refractivity contribution < 1.29 is 28.4 Å². The molecule has 250 valence electrons. The van der Waals surface area contributed by atoms with E-state index in [1.807, 2.05) is 0 Å². The van der Waals surface area contributed by atoms with Crippen molar-refractivity contribution in [2.24, 2.45) is 0 Å². The molecule has 3 N–H and O–H groups in total. The van der Waals surface area contributed by atoms with Crippen LogP contribution in [0.1, 0.15) is 36.7 Å². The summed E-state index contributed by atoms with van der Waals surface area (Å²) in [6, 6.07) is 16.2. The highest BCUT2D eigenvalue weighted by atomic mass is 19.1. The highest BCUT2D eigenvalue weighted by Gasteiger charge is 2.22. The van der Waals surface area contributed by atoms with Gasteiger partial charge in [-0.05, 0) is 69.8 Å². The number of hydrogen-bond acceptors (Lipinski definition) is 8. The van der Waals surface area contributed by atoms with Gasteiger partial charge in [0.2, 0.25) is 5.82 Å². The summed E-state index contributed by atoms with van der Waals surface area (Å²) in [7, 11) is 2.06. The van der Waals surface area contributed by atoms with E-state index in [9.17, 15) is 28.9 Å². The Hall–Kier alpha value is -5.08. The van der Waals surface area contributed by atoms with Gasteiger partial charge < -0.3 is 25.2 Å². The molecule has 0 aromatic heterocycles. The third kappa shape index (κ3) is 10.5. The highest BCUT2D eigenvalue weighted by Crippen LogP contribution is 2.24. The summed E-state index contributed by atoms with van der Waals surface area (Å²) in [6.07, 6.45) is -0.651. The number of halogens is 1. The van der Waals surface area contributed by atoms with Crippen molar-refractivity contribution in [3.8, 4) is 0 Å². The second-order valence-electron chi connectivity index (χ2n) is 12.2. The monoisotopic (exact) mass is 649 g/mol. The Bertz CT molecular complexity index is 1590. The molecular formula is C33H40FN7O6. The minimum Gasteiger partial charge on any atom is -0.444 e. The van der Waals surface area contributed by atoms with Crippen molar-refractivity contribution in [3.05, 3.63) is 93.8 Å². The van der Waals surface area contributed by atoms with Gasteiger partial charge in [-0.25, -0.2) is 9.59 Å². The third-order valence-electron chi connectivity index (χ3n) is 7.36. The lowest BCUT2D eigenvalue weighted by molar-refractivity contribution is -0.387. The lowest BCUT2D eigenvalue weighted by Gasteiger charge is -2.34. The van der Waals surface area contributed by atoms with E-state index in [0.29, 0.717) is 30.0 Å². The molecule has 1 aliphatic rings. The van der Waals surface area contributed by atoms with Gasteiger partial charge in [0.05, 0.1) is 16.3 Å². The molecule has 4 rings (SSSR count). The molecular weight excluding hydrogens is 609 g/mol. The summed E-state index contributed by atoms with van der Waals surface area (Å²) in [5.74, 6) is -1.40. The number of amides is 4. The van der Waals surface area contributed by atoms with Gasteiger partial charge in [0.25, 0.3) is 5.91 Å². The Morgan fingerprint density at radius 3 is 2.19 bits per heavy atom. The number of rotatable bonds is 10. The van der Waals surface area contributed by atoms with Gasteiger partial charge in [-0.1, -0.05) is 24.3 Å². The van der Waals surface area contributed by atoms with Gasteiger partial charge in [-0.2, -0.15) is 4.39 Å². The van der Waals surface area contributed by atoms with Gasteiger partial charge in [-0.15, -0.1) is 0 Å². The van der Waals surface area contributed by atoms with E-state index >= 15 is 0 Å². The average molecular weight is 650 g/mol. The molecule has 1 aliphatic heterocycles. The topological polar surface area (TPSA) is 149 Å². The van der Waals surface area contributed by atoms with Gasteiger partial charge in [0.15, 0.2) is 0 Å². The molecule has 0 aliphatic carbocycles. The Morgan fingerprint density at radius 1 is 0.936 bits per heavy atom. The number of para-hydroxylation sites is 2. The SMILES string of the molecule is CN1CCN(CCN(Cc2ccc(C(=O)Nc3ccccc3NC(=O)OC(C)(C)C)cc2)C(=O)Nc2ccc(F)c([N+](=O)[O-])c2)CC1. The minimum absolute atomic E-state index is 0.0983. The van der Waals surface area contributed by atoms with Crippen molar-refractivity contribution in [2.75, 3.05) is 62.3 Å². The van der Waals surface area contributed by atoms with E-state index < -0.39 is 40.1 Å². The molecule has 1 fully saturated rings. The molecule has 0 saturated carbocycles. The number of benzene rings is 3. The second kappa shape index (κ2) is 15.5. The minimum atomic E-state index is -0.994. The molecule has 0 atom stereocenters. The van der Waals surface area contributed by atoms with Gasteiger partial charge in [0, 0.05) is 63.1 Å². The number of piperazine rings is 1. The Labute approximate surface area is 272 Å². The quantitative estimate of drug-likeness (QED) is 0.189. The summed E-state index contributed by atoms with van der Waals surface area (Å²) in [4.78, 5) is 55.2. The Balaban J connectivity index is 1.44. The first kappa shape index (κ1) is 34.8. The maximum Gasteiger partial charge on any atom is 0.412 e. The first-order valence-electron chi connectivity index (χ1n) is 15.2. The maximum absolute atomic E-state index is 13.9. The van der Waals surface area contributed by atoms with Crippen LogP contribution in [0.15, 0.2) is 66.7 Å².